The summed E-state index contributed by atoms with van der Waals surface area (Å²) in [5, 5.41) is 26.3. The van der Waals surface area contributed by atoms with Crippen molar-refractivity contribution in [2.24, 2.45) is 0 Å². The molecule has 0 rings (SSSR count). The molecule has 0 aromatic carbocycles. The molecule has 5 heteroatoms. The number of carboxylic acid groups (broad SMARTS) is 2. The summed E-state index contributed by atoms with van der Waals surface area (Å²) in [6.45, 7) is 1.89. The lowest BCUT2D eigenvalue weighted by atomic mass is 10.1. The molecule has 0 aliphatic heterocycles. The zero-order valence-corrected chi connectivity index (χ0v) is 7.99. The molecular formula is C9H14O5. The Morgan fingerprint density at radius 1 is 1.14 bits per heavy atom. The normalized spacial score (nSPS) is 12.1. The molecule has 0 aromatic rings. The Labute approximate surface area is 81.7 Å². The van der Waals surface area contributed by atoms with Crippen LogP contribution in [0.1, 0.15) is 32.6 Å². The highest BCUT2D eigenvalue weighted by molar-refractivity contribution is 5.92. The first-order valence-corrected chi connectivity index (χ1v) is 4.35. The van der Waals surface area contributed by atoms with Crippen LogP contribution in [0.5, 0.6) is 0 Å². The van der Waals surface area contributed by atoms with Crippen LogP contribution in [0.4, 0.5) is 0 Å². The predicted molar refractivity (Wildman–Crippen MR) is 49.1 cm³/mol. The van der Waals surface area contributed by atoms with Crippen LogP contribution in [0, 0.1) is 0 Å². The lowest BCUT2D eigenvalue weighted by Crippen LogP contribution is -2.10. The summed E-state index contributed by atoms with van der Waals surface area (Å²) in [4.78, 5) is 20.8. The highest BCUT2D eigenvalue weighted by Gasteiger charge is 2.16. The predicted octanol–water partition coefficient (Wildman–Crippen LogP) is 1.55. The highest BCUT2D eigenvalue weighted by Crippen LogP contribution is 2.13. The number of unbranched alkanes of at least 4 members (excludes halogenated alkanes) is 1. The molecule has 0 spiro atoms. The summed E-state index contributed by atoms with van der Waals surface area (Å²) in [5.74, 6) is -2.96. The van der Waals surface area contributed by atoms with Crippen molar-refractivity contribution in [2.45, 2.75) is 32.6 Å². The third-order valence-electron chi connectivity index (χ3n) is 1.70. The molecule has 0 fully saturated rings. The quantitative estimate of drug-likeness (QED) is 0.448. The third kappa shape index (κ3) is 4.49. The van der Waals surface area contributed by atoms with Gasteiger partial charge in [0, 0.05) is 6.42 Å². The van der Waals surface area contributed by atoms with Crippen molar-refractivity contribution in [2.75, 3.05) is 0 Å². The fourth-order valence-corrected chi connectivity index (χ4v) is 0.947. The van der Waals surface area contributed by atoms with E-state index in [2.05, 4.69) is 0 Å². The Bertz CT molecular complexity index is 254. The number of hydrogen-bond acceptors (Lipinski definition) is 3. The van der Waals surface area contributed by atoms with Crippen LogP contribution in [0.3, 0.4) is 0 Å². The summed E-state index contributed by atoms with van der Waals surface area (Å²) in [7, 11) is 0. The number of carboxylic acids is 2. The van der Waals surface area contributed by atoms with Crippen LogP contribution in [0.2, 0.25) is 0 Å². The molecule has 0 aliphatic rings. The minimum Gasteiger partial charge on any atom is -0.512 e. The number of allylic oxidation sites excluding steroid dienone is 1. The lowest BCUT2D eigenvalue weighted by Gasteiger charge is -2.03. The summed E-state index contributed by atoms with van der Waals surface area (Å²) in [6.07, 6.45) is 1.02. The molecule has 0 aliphatic carbocycles. The summed E-state index contributed by atoms with van der Waals surface area (Å²) in [5.41, 5.74) is -0.425. The molecule has 14 heavy (non-hydrogen) atoms. The lowest BCUT2D eigenvalue weighted by molar-refractivity contribution is -0.139. The second-order valence-corrected chi connectivity index (χ2v) is 2.90. The number of carbonyl (C=O) groups is 2. The molecule has 0 aromatic heterocycles. The maximum Gasteiger partial charge on any atom is 0.335 e. The topological polar surface area (TPSA) is 94.8 Å². The Balaban J connectivity index is 4.58. The van der Waals surface area contributed by atoms with Gasteiger partial charge in [0.2, 0.25) is 0 Å². The minimum atomic E-state index is -1.37. The van der Waals surface area contributed by atoms with E-state index in [4.69, 9.17) is 10.2 Å². The van der Waals surface area contributed by atoms with E-state index in [9.17, 15) is 14.7 Å². The average molecular weight is 202 g/mol. The third-order valence-corrected chi connectivity index (χ3v) is 1.70. The van der Waals surface area contributed by atoms with Gasteiger partial charge in [0.25, 0.3) is 0 Å². The van der Waals surface area contributed by atoms with Gasteiger partial charge in [-0.15, -0.1) is 0 Å². The Kier molecular flexibility index (Phi) is 5.36. The molecule has 0 saturated heterocycles. The van der Waals surface area contributed by atoms with Crippen LogP contribution in [0.25, 0.3) is 0 Å². The van der Waals surface area contributed by atoms with Gasteiger partial charge in [0.05, 0.1) is 12.0 Å². The fourth-order valence-electron chi connectivity index (χ4n) is 0.947. The van der Waals surface area contributed by atoms with Crippen molar-refractivity contribution < 1.29 is 24.9 Å². The molecule has 0 bridgehead atoms. The number of aliphatic carboxylic acids is 2. The van der Waals surface area contributed by atoms with Gasteiger partial charge in [0.1, 0.15) is 5.76 Å². The largest absolute Gasteiger partial charge is 0.512 e. The van der Waals surface area contributed by atoms with E-state index in [1.165, 1.54) is 0 Å². The van der Waals surface area contributed by atoms with E-state index in [1.807, 2.05) is 6.92 Å². The standard InChI is InChI=1S/C9H14O5/c1-2-3-4-7(10)6(9(13)14)5-8(11)12/h10H,2-5H2,1H3,(H,11,12)(H,13,14). The maximum absolute atomic E-state index is 10.6. The van der Waals surface area contributed by atoms with E-state index in [1.54, 1.807) is 0 Å². The van der Waals surface area contributed by atoms with Crippen molar-refractivity contribution in [3.63, 3.8) is 0 Å². The zero-order valence-electron chi connectivity index (χ0n) is 7.99. The molecular weight excluding hydrogens is 188 g/mol. The minimum absolute atomic E-state index is 0.214. The Morgan fingerprint density at radius 2 is 1.71 bits per heavy atom. The first-order valence-electron chi connectivity index (χ1n) is 4.35. The molecule has 80 valence electrons. The highest BCUT2D eigenvalue weighted by atomic mass is 16.4. The molecule has 0 unspecified atom stereocenters. The van der Waals surface area contributed by atoms with E-state index < -0.39 is 23.9 Å². The molecule has 0 amide bonds. The number of rotatable bonds is 6. The van der Waals surface area contributed by atoms with E-state index in [-0.39, 0.29) is 12.2 Å². The van der Waals surface area contributed by atoms with Gasteiger partial charge in [-0.3, -0.25) is 4.79 Å². The average Bonchev–Trinajstić information content (AvgIpc) is 2.09. The molecule has 0 heterocycles. The van der Waals surface area contributed by atoms with Gasteiger partial charge in [0.15, 0.2) is 0 Å². The van der Waals surface area contributed by atoms with Crippen LogP contribution in [-0.2, 0) is 9.59 Å². The van der Waals surface area contributed by atoms with Gasteiger partial charge in [-0.1, -0.05) is 13.3 Å². The maximum atomic E-state index is 10.6. The van der Waals surface area contributed by atoms with Crippen molar-refractivity contribution >= 4 is 11.9 Å². The molecule has 3 N–H and O–H groups in total. The second-order valence-electron chi connectivity index (χ2n) is 2.90. The molecule has 0 radical (unpaired) electrons. The van der Waals surface area contributed by atoms with Crippen LogP contribution >= 0.6 is 0 Å². The smallest absolute Gasteiger partial charge is 0.335 e. The van der Waals surface area contributed by atoms with E-state index >= 15 is 0 Å². The first-order chi connectivity index (χ1) is 6.49. The van der Waals surface area contributed by atoms with E-state index in [0.717, 1.165) is 6.42 Å². The van der Waals surface area contributed by atoms with Gasteiger partial charge in [-0.05, 0) is 6.42 Å². The van der Waals surface area contributed by atoms with Gasteiger partial charge < -0.3 is 15.3 Å². The van der Waals surface area contributed by atoms with Crippen molar-refractivity contribution in [3.05, 3.63) is 11.3 Å². The SMILES string of the molecule is CCCCC(O)=C(CC(=O)O)C(=O)O. The van der Waals surface area contributed by atoms with Crippen molar-refractivity contribution in [1.82, 2.24) is 0 Å². The van der Waals surface area contributed by atoms with Gasteiger partial charge in [-0.25, -0.2) is 4.79 Å². The monoisotopic (exact) mass is 202 g/mol. The van der Waals surface area contributed by atoms with Crippen LogP contribution < -0.4 is 0 Å². The van der Waals surface area contributed by atoms with Gasteiger partial charge in [-0.2, -0.15) is 0 Å². The Morgan fingerprint density at radius 3 is 2.07 bits per heavy atom. The number of hydrogen-bond donors (Lipinski definition) is 3. The number of aliphatic hydroxyl groups excluding tert-OH is 1. The summed E-state index contributed by atoms with van der Waals surface area (Å²) in [6, 6.07) is 0. The van der Waals surface area contributed by atoms with E-state index in [0.29, 0.717) is 6.42 Å². The summed E-state index contributed by atoms with van der Waals surface area (Å²) >= 11 is 0. The molecule has 0 atom stereocenters. The summed E-state index contributed by atoms with van der Waals surface area (Å²) < 4.78 is 0. The molecule has 5 nitrogen and oxygen atoms in total. The fraction of sp³-hybridized carbons (Fsp3) is 0.556. The first kappa shape index (κ1) is 12.5. The second kappa shape index (κ2) is 6.01. The van der Waals surface area contributed by atoms with Crippen LogP contribution in [-0.4, -0.2) is 27.3 Å². The van der Waals surface area contributed by atoms with Crippen molar-refractivity contribution in [3.8, 4) is 0 Å². The Hall–Kier alpha value is -1.52. The molecule has 0 saturated carbocycles. The zero-order chi connectivity index (χ0) is 11.1. The number of aliphatic hydroxyl groups is 1. The van der Waals surface area contributed by atoms with Crippen LogP contribution in [0.15, 0.2) is 11.3 Å². The van der Waals surface area contributed by atoms with Crippen molar-refractivity contribution in [1.29, 1.82) is 0 Å². The van der Waals surface area contributed by atoms with Gasteiger partial charge >= 0.3 is 11.9 Å².